The molecule has 0 spiro atoms. The second kappa shape index (κ2) is 17.6. The summed E-state index contributed by atoms with van der Waals surface area (Å²) in [6.07, 6.45) is 4.37. The van der Waals surface area contributed by atoms with E-state index in [1.54, 1.807) is 27.7 Å². The molecular weight excluding hydrogens is 815 g/mol. The average molecular weight is 844 g/mol. The van der Waals surface area contributed by atoms with Gasteiger partial charge in [0.15, 0.2) is 11.6 Å². The minimum Gasteiger partial charge on any atom is -0.485 e. The molecule has 0 aliphatic carbocycles. The standard InChI is InChI=1S/2C19H14ClF2N3O4/c2*1-9-6-23-13(19(27)28)5-15(9)25-10(2)3-16(17(20)18(25)26)29-8-14-12(22)4-11(21)7-24-14/h2*3-7H,8H2,1-2H3,(H,27,28). The van der Waals surface area contributed by atoms with Crippen LogP contribution in [0.25, 0.3) is 11.4 Å². The van der Waals surface area contributed by atoms with E-state index in [0.29, 0.717) is 46.0 Å². The molecule has 20 heteroatoms. The van der Waals surface area contributed by atoms with Crippen LogP contribution < -0.4 is 20.6 Å². The SMILES string of the molecule is Cc1cnc(C(=O)O)cc1-n1c(C)cc(OCc2ncc(F)cc2F)c(Cl)c1=O.Cc1cnc(C(=O)O)cc1-n1c(C)cc(OCc2ncc(F)cc2F)c(Cl)c1=O. The molecule has 58 heavy (non-hydrogen) atoms. The third kappa shape index (κ3) is 9.30. The fraction of sp³-hybridized carbons (Fsp3) is 0.158. The summed E-state index contributed by atoms with van der Waals surface area (Å²) in [5.74, 6) is -5.93. The van der Waals surface area contributed by atoms with Crippen molar-refractivity contribution in [2.45, 2.75) is 40.9 Å². The highest BCUT2D eigenvalue weighted by Crippen LogP contribution is 2.27. The molecule has 0 aliphatic heterocycles. The van der Waals surface area contributed by atoms with Gasteiger partial charge < -0.3 is 19.7 Å². The number of hydrogen-bond acceptors (Lipinski definition) is 10. The molecule has 0 bridgehead atoms. The number of carboxylic acid groups (broad SMARTS) is 2. The van der Waals surface area contributed by atoms with Crippen LogP contribution in [0.2, 0.25) is 10.0 Å². The fourth-order valence-electron chi connectivity index (χ4n) is 5.30. The maximum atomic E-state index is 13.7. The number of ether oxygens (including phenoxy) is 2. The normalized spacial score (nSPS) is 10.8. The summed E-state index contributed by atoms with van der Waals surface area (Å²) < 4.78 is 66.6. The molecule has 6 aromatic rings. The van der Waals surface area contributed by atoms with Gasteiger partial charge in [-0.2, -0.15) is 0 Å². The lowest BCUT2D eigenvalue weighted by molar-refractivity contribution is 0.0680. The average Bonchev–Trinajstić information content (AvgIpc) is 3.16. The molecular formula is C38H28Cl2F4N6O8. The Morgan fingerprint density at radius 3 is 1.29 bits per heavy atom. The molecule has 2 N–H and O–H groups in total. The van der Waals surface area contributed by atoms with Crippen LogP contribution >= 0.6 is 23.2 Å². The highest BCUT2D eigenvalue weighted by atomic mass is 35.5. The van der Waals surface area contributed by atoms with Crippen molar-refractivity contribution in [3.63, 3.8) is 0 Å². The number of halogens is 6. The molecule has 0 atom stereocenters. The van der Waals surface area contributed by atoms with E-state index in [-0.39, 0.29) is 57.5 Å². The van der Waals surface area contributed by atoms with Gasteiger partial charge in [0.05, 0.1) is 23.8 Å². The molecule has 0 aromatic carbocycles. The van der Waals surface area contributed by atoms with Crippen LogP contribution in [0, 0.1) is 51.0 Å². The summed E-state index contributed by atoms with van der Waals surface area (Å²) in [6, 6.07) is 6.77. The third-order valence-electron chi connectivity index (χ3n) is 8.17. The van der Waals surface area contributed by atoms with Gasteiger partial charge >= 0.3 is 11.9 Å². The van der Waals surface area contributed by atoms with E-state index in [4.69, 9.17) is 42.9 Å². The Balaban J connectivity index is 0.000000221. The third-order valence-corrected chi connectivity index (χ3v) is 8.86. The lowest BCUT2D eigenvalue weighted by Crippen LogP contribution is -2.23. The number of aromatic carboxylic acids is 2. The van der Waals surface area contributed by atoms with Crippen LogP contribution in [0.1, 0.15) is 54.9 Å². The molecule has 6 aromatic heterocycles. The molecule has 0 radical (unpaired) electrons. The molecule has 0 aliphatic rings. The smallest absolute Gasteiger partial charge is 0.354 e. The summed E-state index contributed by atoms with van der Waals surface area (Å²) in [5.41, 5.74) is 0.447. The Morgan fingerprint density at radius 1 is 0.603 bits per heavy atom. The van der Waals surface area contributed by atoms with Crippen molar-refractivity contribution in [3.05, 3.63) is 160 Å². The molecule has 0 amide bonds. The van der Waals surface area contributed by atoms with Crippen LogP contribution in [0.3, 0.4) is 0 Å². The summed E-state index contributed by atoms with van der Waals surface area (Å²) in [5, 5.41) is 17.7. The van der Waals surface area contributed by atoms with E-state index in [0.717, 1.165) is 12.4 Å². The quantitative estimate of drug-likeness (QED) is 0.136. The zero-order chi connectivity index (χ0) is 42.6. The van der Waals surface area contributed by atoms with Crippen molar-refractivity contribution in [3.8, 4) is 22.9 Å². The Morgan fingerprint density at radius 2 is 0.966 bits per heavy atom. The van der Waals surface area contributed by atoms with E-state index >= 15 is 0 Å². The predicted molar refractivity (Wildman–Crippen MR) is 200 cm³/mol. The number of carbonyl (C=O) groups is 2. The second-order valence-electron chi connectivity index (χ2n) is 12.3. The van der Waals surface area contributed by atoms with Gasteiger partial charge in [0.1, 0.15) is 69.2 Å². The molecule has 300 valence electrons. The zero-order valence-corrected chi connectivity index (χ0v) is 32.0. The molecule has 6 rings (SSSR count). The van der Waals surface area contributed by atoms with Gasteiger partial charge in [-0.25, -0.2) is 37.1 Å². The minimum absolute atomic E-state index is 0.0129. The minimum atomic E-state index is -1.24. The first-order valence-electron chi connectivity index (χ1n) is 16.5. The van der Waals surface area contributed by atoms with Crippen LogP contribution in [-0.4, -0.2) is 51.2 Å². The maximum Gasteiger partial charge on any atom is 0.354 e. The zero-order valence-electron chi connectivity index (χ0n) is 30.5. The number of rotatable bonds is 10. The number of aromatic nitrogens is 6. The molecule has 0 saturated heterocycles. The molecule has 0 fully saturated rings. The highest BCUT2D eigenvalue weighted by molar-refractivity contribution is 6.32. The van der Waals surface area contributed by atoms with Gasteiger partial charge in [-0.3, -0.25) is 28.7 Å². The van der Waals surface area contributed by atoms with E-state index in [2.05, 4.69) is 19.9 Å². The Bertz CT molecular complexity index is 2550. The van der Waals surface area contributed by atoms with Gasteiger partial charge in [-0.15, -0.1) is 0 Å². The summed E-state index contributed by atoms with van der Waals surface area (Å²) >= 11 is 12.3. The van der Waals surface area contributed by atoms with Crippen molar-refractivity contribution in [1.29, 1.82) is 0 Å². The molecule has 0 saturated carbocycles. The first kappa shape index (κ1) is 42.5. The predicted octanol–water partition coefficient (Wildman–Crippen LogP) is 6.91. The Kier molecular flexibility index (Phi) is 12.9. The van der Waals surface area contributed by atoms with E-state index in [9.17, 15) is 36.7 Å². The fourth-order valence-corrected chi connectivity index (χ4v) is 5.69. The van der Waals surface area contributed by atoms with E-state index in [1.807, 2.05) is 0 Å². The number of nitrogens with zero attached hydrogens (tertiary/aromatic N) is 6. The first-order valence-corrected chi connectivity index (χ1v) is 17.2. The van der Waals surface area contributed by atoms with Crippen LogP contribution in [0.4, 0.5) is 17.6 Å². The summed E-state index contributed by atoms with van der Waals surface area (Å²) in [6.45, 7) is 5.80. The van der Waals surface area contributed by atoms with E-state index in [1.165, 1.54) is 45.8 Å². The van der Waals surface area contributed by atoms with Crippen LogP contribution in [0.15, 0.2) is 70.8 Å². The monoisotopic (exact) mass is 842 g/mol. The number of carboxylic acids is 2. The lowest BCUT2D eigenvalue weighted by Gasteiger charge is -2.16. The molecule has 0 unspecified atom stereocenters. The van der Waals surface area contributed by atoms with Crippen molar-refractivity contribution >= 4 is 35.1 Å². The number of pyridine rings is 6. The topological polar surface area (TPSA) is 189 Å². The van der Waals surface area contributed by atoms with Crippen molar-refractivity contribution in [2.24, 2.45) is 0 Å². The van der Waals surface area contributed by atoms with Crippen molar-refractivity contribution in [2.75, 3.05) is 0 Å². The van der Waals surface area contributed by atoms with Gasteiger partial charge in [-0.05, 0) is 51.0 Å². The lowest BCUT2D eigenvalue weighted by atomic mass is 10.2. The molecule has 6 heterocycles. The van der Waals surface area contributed by atoms with Gasteiger partial charge in [0.25, 0.3) is 11.1 Å². The second-order valence-corrected chi connectivity index (χ2v) is 13.0. The van der Waals surface area contributed by atoms with Crippen molar-refractivity contribution in [1.82, 2.24) is 29.1 Å². The summed E-state index contributed by atoms with van der Waals surface area (Å²) in [4.78, 5) is 62.8. The Labute approximate surface area is 334 Å². The molecule has 14 nitrogen and oxygen atoms in total. The summed E-state index contributed by atoms with van der Waals surface area (Å²) in [7, 11) is 0. The van der Waals surface area contributed by atoms with Gasteiger partial charge in [-0.1, -0.05) is 23.2 Å². The maximum absolute atomic E-state index is 13.7. The van der Waals surface area contributed by atoms with Crippen LogP contribution in [-0.2, 0) is 13.2 Å². The van der Waals surface area contributed by atoms with E-state index < -0.39 is 46.3 Å². The Hall–Kier alpha value is -6.66. The van der Waals surface area contributed by atoms with Crippen molar-refractivity contribution < 1.29 is 46.8 Å². The number of aryl methyl sites for hydroxylation is 4. The van der Waals surface area contributed by atoms with Gasteiger partial charge in [0, 0.05) is 48.0 Å². The van der Waals surface area contributed by atoms with Gasteiger partial charge in [0.2, 0.25) is 0 Å². The van der Waals surface area contributed by atoms with Crippen LogP contribution in [0.5, 0.6) is 11.5 Å². The first-order chi connectivity index (χ1) is 27.4. The number of hydrogen-bond donors (Lipinski definition) is 2. The largest absolute Gasteiger partial charge is 0.485 e. The highest BCUT2D eigenvalue weighted by Gasteiger charge is 2.20.